The lowest BCUT2D eigenvalue weighted by molar-refractivity contribution is 0.0836. The van der Waals surface area contributed by atoms with Crippen molar-refractivity contribution in [1.29, 1.82) is 0 Å². The monoisotopic (exact) mass is 380 g/mol. The molecule has 1 aliphatic carbocycles. The van der Waals surface area contributed by atoms with Crippen molar-refractivity contribution in [2.24, 2.45) is 5.92 Å². The summed E-state index contributed by atoms with van der Waals surface area (Å²) in [7, 11) is 0. The average molecular weight is 382 g/mol. The second-order valence-electron chi connectivity index (χ2n) is 6.15. The van der Waals surface area contributed by atoms with Crippen LogP contribution in [0, 0.1) is 5.92 Å². The summed E-state index contributed by atoms with van der Waals surface area (Å²) in [5.74, 6) is 2.34. The molecule has 4 rings (SSSR count). The predicted molar refractivity (Wildman–Crippen MR) is 96.6 cm³/mol. The van der Waals surface area contributed by atoms with Gasteiger partial charge in [0.2, 0.25) is 6.79 Å². The summed E-state index contributed by atoms with van der Waals surface area (Å²) in [4.78, 5) is 2.59. The lowest BCUT2D eigenvalue weighted by Crippen LogP contribution is -2.47. The van der Waals surface area contributed by atoms with Gasteiger partial charge in [0, 0.05) is 43.3 Å². The van der Waals surface area contributed by atoms with Gasteiger partial charge in [-0.3, -0.25) is 4.90 Å². The van der Waals surface area contributed by atoms with Crippen molar-refractivity contribution < 1.29 is 9.47 Å². The zero-order valence-electron chi connectivity index (χ0n) is 12.9. The Morgan fingerprint density at radius 1 is 1.09 bits per heavy atom. The van der Waals surface area contributed by atoms with E-state index in [9.17, 15) is 0 Å². The molecule has 3 aliphatic rings. The van der Waals surface area contributed by atoms with Gasteiger partial charge in [-0.25, -0.2) is 0 Å². The molecule has 1 N–H and O–H groups in total. The van der Waals surface area contributed by atoms with Gasteiger partial charge in [0.1, 0.15) is 0 Å². The summed E-state index contributed by atoms with van der Waals surface area (Å²) in [5.41, 5.74) is 1.22. The third-order valence-corrected chi connectivity index (χ3v) is 5.28. The number of hydrogen-bond acceptors (Lipinski definition) is 4. The van der Waals surface area contributed by atoms with Crippen molar-refractivity contribution in [2.45, 2.75) is 25.3 Å². The molecule has 4 nitrogen and oxygen atoms in total. The Balaban J connectivity index is 0.000000960. The fraction of sp³-hybridized carbons (Fsp3) is 0.625. The van der Waals surface area contributed by atoms with Crippen LogP contribution < -0.4 is 14.8 Å². The quantitative estimate of drug-likeness (QED) is 0.866. The van der Waals surface area contributed by atoms with Crippen LogP contribution in [0.25, 0.3) is 0 Å². The average Bonchev–Trinajstić information content (AvgIpc) is 2.90. The number of halogens is 3. The number of hydrogen-bond donors (Lipinski definition) is 1. The summed E-state index contributed by atoms with van der Waals surface area (Å²) in [5, 5.41) is 4.25. The van der Waals surface area contributed by atoms with Gasteiger partial charge in [-0.2, -0.15) is 0 Å². The largest absolute Gasteiger partial charge is 0.454 e. The maximum absolute atomic E-state index is 6.57. The molecular weight excluding hydrogens is 359 g/mol. The Bertz CT molecular complexity index is 534. The van der Waals surface area contributed by atoms with Crippen molar-refractivity contribution in [1.82, 2.24) is 10.2 Å². The van der Waals surface area contributed by atoms with Gasteiger partial charge in [0.25, 0.3) is 0 Å². The topological polar surface area (TPSA) is 33.7 Å². The fourth-order valence-corrected chi connectivity index (χ4v) is 3.89. The molecule has 0 amide bonds. The highest BCUT2D eigenvalue weighted by atomic mass is 35.5. The summed E-state index contributed by atoms with van der Waals surface area (Å²) in [6.45, 7) is 4.60. The number of nitrogens with one attached hydrogen (secondary N) is 1. The van der Waals surface area contributed by atoms with Crippen LogP contribution in [0.2, 0.25) is 5.02 Å². The minimum Gasteiger partial charge on any atom is -0.454 e. The highest BCUT2D eigenvalue weighted by Crippen LogP contribution is 2.47. The van der Waals surface area contributed by atoms with E-state index in [1.165, 1.54) is 24.8 Å². The molecule has 2 aliphatic heterocycles. The normalized spacial score (nSPS) is 21.8. The molecule has 0 unspecified atom stereocenters. The van der Waals surface area contributed by atoms with Crippen LogP contribution in [0.15, 0.2) is 12.1 Å². The molecule has 0 spiro atoms. The third-order valence-electron chi connectivity index (χ3n) is 4.95. The van der Waals surface area contributed by atoms with Crippen molar-refractivity contribution in [2.75, 3.05) is 33.0 Å². The van der Waals surface area contributed by atoms with Crippen molar-refractivity contribution in [3.63, 3.8) is 0 Å². The molecule has 0 radical (unpaired) electrons. The number of benzene rings is 1. The Kier molecular flexibility index (Phi) is 6.69. The van der Waals surface area contributed by atoms with E-state index in [-0.39, 0.29) is 24.8 Å². The molecule has 1 aromatic rings. The van der Waals surface area contributed by atoms with Gasteiger partial charge in [0.05, 0.1) is 0 Å². The second-order valence-corrected chi connectivity index (χ2v) is 6.56. The molecule has 1 saturated carbocycles. The van der Waals surface area contributed by atoms with E-state index in [1.807, 2.05) is 6.07 Å². The van der Waals surface area contributed by atoms with E-state index in [1.54, 1.807) is 0 Å². The van der Waals surface area contributed by atoms with Crippen LogP contribution in [-0.2, 0) is 0 Å². The molecule has 23 heavy (non-hydrogen) atoms. The molecule has 1 atom stereocenters. The van der Waals surface area contributed by atoms with Crippen LogP contribution in [-0.4, -0.2) is 37.9 Å². The number of piperazine rings is 1. The number of fused-ring (bicyclic) bond motifs is 1. The number of ether oxygens (including phenoxy) is 2. The predicted octanol–water partition coefficient (Wildman–Crippen LogP) is 3.66. The van der Waals surface area contributed by atoms with E-state index in [0.29, 0.717) is 12.8 Å². The van der Waals surface area contributed by atoms with Crippen LogP contribution in [0.4, 0.5) is 0 Å². The first-order valence-corrected chi connectivity index (χ1v) is 8.24. The first-order valence-electron chi connectivity index (χ1n) is 7.87. The molecule has 7 heteroatoms. The summed E-state index contributed by atoms with van der Waals surface area (Å²) < 4.78 is 11.0. The van der Waals surface area contributed by atoms with Gasteiger partial charge in [0.15, 0.2) is 11.5 Å². The zero-order chi connectivity index (χ0) is 14.2. The summed E-state index contributed by atoms with van der Waals surface area (Å²) in [6, 6.07) is 4.45. The lowest BCUT2D eigenvalue weighted by Gasteiger charge is -2.43. The number of rotatable bonds is 3. The molecule has 0 aromatic heterocycles. The van der Waals surface area contributed by atoms with E-state index >= 15 is 0 Å². The highest BCUT2D eigenvalue weighted by Gasteiger charge is 2.35. The van der Waals surface area contributed by atoms with E-state index in [2.05, 4.69) is 16.3 Å². The Hall–Kier alpha value is -0.390. The van der Waals surface area contributed by atoms with Gasteiger partial charge in [-0.15, -0.1) is 24.8 Å². The van der Waals surface area contributed by atoms with Crippen molar-refractivity contribution in [3.8, 4) is 11.5 Å². The molecule has 0 bridgehead atoms. The molecule has 130 valence electrons. The molecular formula is C16H23Cl3N2O2. The van der Waals surface area contributed by atoms with Crippen LogP contribution in [0.3, 0.4) is 0 Å². The summed E-state index contributed by atoms with van der Waals surface area (Å²) in [6.07, 6.45) is 3.95. The fourth-order valence-electron chi connectivity index (χ4n) is 3.62. The zero-order valence-corrected chi connectivity index (χ0v) is 15.3. The van der Waals surface area contributed by atoms with Gasteiger partial charge in [-0.1, -0.05) is 18.0 Å². The maximum atomic E-state index is 6.57. The second kappa shape index (κ2) is 8.13. The van der Waals surface area contributed by atoms with E-state index in [0.717, 1.165) is 48.6 Å². The number of nitrogens with zero attached hydrogens (tertiary/aromatic N) is 1. The van der Waals surface area contributed by atoms with Gasteiger partial charge < -0.3 is 14.8 Å². The minimum atomic E-state index is 0. The Morgan fingerprint density at radius 3 is 2.35 bits per heavy atom. The van der Waals surface area contributed by atoms with Crippen LogP contribution >= 0.6 is 36.4 Å². The SMILES string of the molecule is Cl.Cl.Clc1cc2c(cc1[C@@H](C1CCC1)N1CCNCC1)OCO2. The first-order chi connectivity index (χ1) is 10.3. The highest BCUT2D eigenvalue weighted by molar-refractivity contribution is 6.31. The van der Waals surface area contributed by atoms with Crippen molar-refractivity contribution in [3.05, 3.63) is 22.7 Å². The van der Waals surface area contributed by atoms with Crippen LogP contribution in [0.5, 0.6) is 11.5 Å². The third kappa shape index (κ3) is 3.67. The van der Waals surface area contributed by atoms with Crippen molar-refractivity contribution >= 4 is 36.4 Å². The smallest absolute Gasteiger partial charge is 0.231 e. The van der Waals surface area contributed by atoms with Gasteiger partial charge in [-0.05, 0) is 30.4 Å². The van der Waals surface area contributed by atoms with E-state index in [4.69, 9.17) is 21.1 Å². The maximum Gasteiger partial charge on any atom is 0.231 e. The Morgan fingerprint density at radius 2 is 1.74 bits per heavy atom. The minimum absolute atomic E-state index is 0. The summed E-state index contributed by atoms with van der Waals surface area (Å²) >= 11 is 6.57. The first kappa shape index (κ1) is 18.9. The lowest BCUT2D eigenvalue weighted by atomic mass is 9.76. The molecule has 1 aromatic carbocycles. The molecule has 1 saturated heterocycles. The van der Waals surface area contributed by atoms with Crippen LogP contribution in [0.1, 0.15) is 30.9 Å². The molecule has 2 heterocycles. The van der Waals surface area contributed by atoms with Gasteiger partial charge >= 0.3 is 0 Å². The van der Waals surface area contributed by atoms with E-state index < -0.39 is 0 Å². The Labute approximate surface area is 154 Å². The standard InChI is InChI=1S/C16H21ClN2O2.2ClH/c17-13-9-15-14(20-10-21-15)8-12(13)16(11-2-1-3-11)19-6-4-18-5-7-19;;/h8-9,11,16,18H,1-7,10H2;2*1H/t16-;;/m1../s1. The molecule has 2 fully saturated rings.